The van der Waals surface area contributed by atoms with Crippen LogP contribution in [0, 0.1) is 0 Å². The lowest BCUT2D eigenvalue weighted by Gasteiger charge is -2.19. The van der Waals surface area contributed by atoms with Gasteiger partial charge in [-0.25, -0.2) is 9.78 Å². The number of fused-ring (bicyclic) bond motifs is 1. The molecule has 1 N–H and O–H groups in total. The third-order valence-corrected chi connectivity index (χ3v) is 6.69. The van der Waals surface area contributed by atoms with Gasteiger partial charge in [-0.3, -0.25) is 4.79 Å². The topological polar surface area (TPSA) is 81.4 Å². The molecule has 30 heavy (non-hydrogen) atoms. The SMILES string of the molecule is CCC(Sc1nc2ccccc2o1)C(=O)NC(CSCc1ccccc1)C(=O)OC. The second-order valence-electron chi connectivity index (χ2n) is 6.55. The highest BCUT2D eigenvalue weighted by molar-refractivity contribution is 8.00. The van der Waals surface area contributed by atoms with Gasteiger partial charge in [0.25, 0.3) is 5.22 Å². The van der Waals surface area contributed by atoms with Crippen LogP contribution in [0.15, 0.2) is 64.2 Å². The second kappa shape index (κ2) is 11.1. The number of carbonyl (C=O) groups excluding carboxylic acids is 2. The van der Waals surface area contributed by atoms with Crippen molar-refractivity contribution < 1.29 is 18.7 Å². The first kappa shape index (κ1) is 22.2. The van der Waals surface area contributed by atoms with Gasteiger partial charge in [-0.15, -0.1) is 0 Å². The lowest BCUT2D eigenvalue weighted by Crippen LogP contribution is -2.46. The summed E-state index contributed by atoms with van der Waals surface area (Å²) in [6.07, 6.45) is 0.570. The van der Waals surface area contributed by atoms with Crippen LogP contribution in [0.3, 0.4) is 0 Å². The largest absolute Gasteiger partial charge is 0.467 e. The molecule has 1 amide bonds. The van der Waals surface area contributed by atoms with E-state index in [9.17, 15) is 9.59 Å². The summed E-state index contributed by atoms with van der Waals surface area (Å²) in [5, 5.41) is 2.84. The molecule has 0 saturated carbocycles. The summed E-state index contributed by atoms with van der Waals surface area (Å²) in [6.45, 7) is 1.91. The van der Waals surface area contributed by atoms with Crippen molar-refractivity contribution in [2.75, 3.05) is 12.9 Å². The van der Waals surface area contributed by atoms with Crippen LogP contribution in [-0.4, -0.2) is 41.0 Å². The number of esters is 1. The number of rotatable bonds is 10. The minimum absolute atomic E-state index is 0.236. The average Bonchev–Trinajstić information content (AvgIpc) is 3.19. The van der Waals surface area contributed by atoms with Gasteiger partial charge >= 0.3 is 5.97 Å². The van der Waals surface area contributed by atoms with Crippen LogP contribution < -0.4 is 5.32 Å². The van der Waals surface area contributed by atoms with Crippen LogP contribution in [0.25, 0.3) is 11.1 Å². The van der Waals surface area contributed by atoms with Gasteiger partial charge in [-0.2, -0.15) is 11.8 Å². The third-order valence-electron chi connectivity index (χ3n) is 4.38. The number of benzene rings is 2. The van der Waals surface area contributed by atoms with E-state index >= 15 is 0 Å². The molecular weight excluding hydrogens is 420 g/mol. The highest BCUT2D eigenvalue weighted by atomic mass is 32.2. The maximum atomic E-state index is 12.8. The van der Waals surface area contributed by atoms with Gasteiger partial charge in [-0.05, 0) is 24.1 Å². The molecule has 1 aromatic heterocycles. The van der Waals surface area contributed by atoms with Crippen LogP contribution >= 0.6 is 23.5 Å². The smallest absolute Gasteiger partial charge is 0.329 e. The molecule has 2 atom stereocenters. The Labute approximate surface area is 184 Å². The van der Waals surface area contributed by atoms with E-state index in [1.807, 2.05) is 61.5 Å². The van der Waals surface area contributed by atoms with Crippen molar-refractivity contribution in [3.63, 3.8) is 0 Å². The summed E-state index contributed by atoms with van der Waals surface area (Å²) in [5.41, 5.74) is 2.59. The van der Waals surface area contributed by atoms with E-state index in [2.05, 4.69) is 10.3 Å². The van der Waals surface area contributed by atoms with E-state index in [4.69, 9.17) is 9.15 Å². The van der Waals surface area contributed by atoms with E-state index in [0.717, 1.165) is 16.8 Å². The molecule has 0 bridgehead atoms. The number of hydrogen-bond acceptors (Lipinski definition) is 7. The summed E-state index contributed by atoms with van der Waals surface area (Å²) in [7, 11) is 1.33. The third kappa shape index (κ3) is 6.03. The summed E-state index contributed by atoms with van der Waals surface area (Å²) >= 11 is 2.83. The van der Waals surface area contributed by atoms with Crippen LogP contribution in [0.5, 0.6) is 0 Å². The van der Waals surface area contributed by atoms with Gasteiger partial charge in [0, 0.05) is 11.5 Å². The van der Waals surface area contributed by atoms with E-state index in [0.29, 0.717) is 23.0 Å². The van der Waals surface area contributed by atoms with Crippen molar-refractivity contribution in [1.82, 2.24) is 10.3 Å². The van der Waals surface area contributed by atoms with Crippen LogP contribution in [0.4, 0.5) is 0 Å². The summed E-state index contributed by atoms with van der Waals surface area (Å²) in [4.78, 5) is 29.4. The molecular formula is C22H24N2O4S2. The van der Waals surface area contributed by atoms with E-state index in [-0.39, 0.29) is 5.91 Å². The van der Waals surface area contributed by atoms with Crippen molar-refractivity contribution in [1.29, 1.82) is 0 Å². The number of nitrogens with one attached hydrogen (secondary N) is 1. The number of amides is 1. The molecule has 0 saturated heterocycles. The molecule has 0 aliphatic rings. The number of aromatic nitrogens is 1. The molecule has 0 aliphatic carbocycles. The normalized spacial score (nSPS) is 13.0. The maximum absolute atomic E-state index is 12.8. The molecule has 3 rings (SSSR count). The minimum Gasteiger partial charge on any atom is -0.467 e. The molecule has 0 radical (unpaired) electrons. The fraction of sp³-hybridized carbons (Fsp3) is 0.318. The van der Waals surface area contributed by atoms with Gasteiger partial charge in [0.1, 0.15) is 11.6 Å². The van der Waals surface area contributed by atoms with E-state index in [1.54, 1.807) is 11.8 Å². The van der Waals surface area contributed by atoms with Gasteiger partial charge < -0.3 is 14.5 Å². The summed E-state index contributed by atoms with van der Waals surface area (Å²) in [5.74, 6) is 0.488. The Bertz CT molecular complexity index is 944. The Morgan fingerprint density at radius 1 is 1.13 bits per heavy atom. The van der Waals surface area contributed by atoms with Crippen LogP contribution in [0.2, 0.25) is 0 Å². The first-order chi connectivity index (χ1) is 14.6. The number of oxazole rings is 1. The van der Waals surface area contributed by atoms with Crippen molar-refractivity contribution >= 4 is 46.5 Å². The molecule has 1 heterocycles. The zero-order valence-corrected chi connectivity index (χ0v) is 18.5. The van der Waals surface area contributed by atoms with Gasteiger partial charge in [0.15, 0.2) is 5.58 Å². The highest BCUT2D eigenvalue weighted by Gasteiger charge is 2.27. The molecule has 2 aromatic carbocycles. The monoisotopic (exact) mass is 444 g/mol. The summed E-state index contributed by atoms with van der Waals surface area (Å²) in [6, 6.07) is 16.7. The van der Waals surface area contributed by atoms with Crippen LogP contribution in [0.1, 0.15) is 18.9 Å². The minimum atomic E-state index is -0.713. The molecule has 0 fully saturated rings. The lowest BCUT2D eigenvalue weighted by atomic mass is 10.2. The Hall–Kier alpha value is -2.45. The van der Waals surface area contributed by atoms with E-state index < -0.39 is 17.3 Å². The summed E-state index contributed by atoms with van der Waals surface area (Å²) < 4.78 is 10.6. The van der Waals surface area contributed by atoms with Gasteiger partial charge in [-0.1, -0.05) is 61.2 Å². The van der Waals surface area contributed by atoms with Gasteiger partial charge in [0.05, 0.1) is 12.4 Å². The fourth-order valence-corrected chi connectivity index (χ4v) is 4.67. The Morgan fingerprint density at radius 2 is 1.87 bits per heavy atom. The molecule has 6 nitrogen and oxygen atoms in total. The van der Waals surface area contributed by atoms with Crippen molar-refractivity contribution in [3.8, 4) is 0 Å². The number of ether oxygens (including phenoxy) is 1. The average molecular weight is 445 g/mol. The predicted molar refractivity (Wildman–Crippen MR) is 120 cm³/mol. The number of thioether (sulfide) groups is 2. The lowest BCUT2D eigenvalue weighted by molar-refractivity contribution is -0.144. The first-order valence-corrected chi connectivity index (χ1v) is 11.7. The quantitative estimate of drug-likeness (QED) is 0.369. The Kier molecular flexibility index (Phi) is 8.21. The van der Waals surface area contributed by atoms with Gasteiger partial charge in [0.2, 0.25) is 5.91 Å². The van der Waals surface area contributed by atoms with E-state index in [1.165, 1.54) is 18.9 Å². The van der Waals surface area contributed by atoms with Crippen molar-refractivity contribution in [2.24, 2.45) is 0 Å². The number of para-hydroxylation sites is 2. The fourth-order valence-electron chi connectivity index (χ4n) is 2.79. The second-order valence-corrected chi connectivity index (χ2v) is 8.73. The Morgan fingerprint density at radius 3 is 2.57 bits per heavy atom. The predicted octanol–water partition coefficient (Wildman–Crippen LogP) is 4.29. The van der Waals surface area contributed by atoms with Crippen molar-refractivity contribution in [3.05, 3.63) is 60.2 Å². The molecule has 2 unspecified atom stereocenters. The number of methoxy groups -OCH3 is 1. The van der Waals surface area contributed by atoms with Crippen molar-refractivity contribution in [2.45, 2.75) is 35.6 Å². The molecule has 3 aromatic rings. The first-order valence-electron chi connectivity index (χ1n) is 9.62. The number of carbonyl (C=O) groups is 2. The Balaban J connectivity index is 1.60. The highest BCUT2D eigenvalue weighted by Crippen LogP contribution is 2.28. The molecule has 0 spiro atoms. The standard InChI is InChI=1S/C22H24N2O4S2/c1-3-19(30-22-24-16-11-7-8-12-18(16)28-22)20(25)23-17(21(26)27-2)14-29-13-15-9-5-4-6-10-15/h4-12,17,19H,3,13-14H2,1-2H3,(H,23,25). The molecule has 8 heteroatoms. The molecule has 0 aliphatic heterocycles. The maximum Gasteiger partial charge on any atom is 0.329 e. The zero-order valence-electron chi connectivity index (χ0n) is 16.9. The zero-order chi connectivity index (χ0) is 21.3. The number of hydrogen-bond donors (Lipinski definition) is 1. The van der Waals surface area contributed by atoms with Crippen LogP contribution in [-0.2, 0) is 20.1 Å². The number of nitrogens with zero attached hydrogens (tertiary/aromatic N) is 1. The molecule has 158 valence electrons.